The number of aliphatic carboxylic acids is 1. The average Bonchev–Trinajstić information content (AvgIpc) is 3.08. The molecule has 1 atom stereocenters. The predicted molar refractivity (Wildman–Crippen MR) is 102 cm³/mol. The lowest BCUT2D eigenvalue weighted by Gasteiger charge is -2.23. The normalized spacial score (nSPS) is 15.0. The molecule has 0 spiro atoms. The lowest BCUT2D eigenvalue weighted by Crippen LogP contribution is -2.37. The fourth-order valence-corrected chi connectivity index (χ4v) is 4.06. The Kier molecular flexibility index (Phi) is 6.18. The van der Waals surface area contributed by atoms with Crippen molar-refractivity contribution in [1.82, 2.24) is 10.3 Å². The number of hydrogen-bond acceptors (Lipinski definition) is 8. The maximum Gasteiger partial charge on any atom is 0.394 e. The van der Waals surface area contributed by atoms with Gasteiger partial charge in [0.05, 0.1) is 18.3 Å². The summed E-state index contributed by atoms with van der Waals surface area (Å²) in [6, 6.07) is 2.98. The van der Waals surface area contributed by atoms with Gasteiger partial charge in [0.25, 0.3) is 5.91 Å². The van der Waals surface area contributed by atoms with E-state index in [1.54, 1.807) is 0 Å². The monoisotopic (exact) mass is 433 g/mol. The number of nitrogens with one attached hydrogen (secondary N) is 2. The van der Waals surface area contributed by atoms with Gasteiger partial charge in [0, 0.05) is 29.6 Å². The first-order chi connectivity index (χ1) is 14.3. The highest BCUT2D eigenvalue weighted by Gasteiger charge is 2.31. The summed E-state index contributed by atoms with van der Waals surface area (Å²) in [4.78, 5) is 61.6. The van der Waals surface area contributed by atoms with Gasteiger partial charge in [-0.3, -0.25) is 19.4 Å². The molecule has 12 heteroatoms. The number of nitrogens with zero attached hydrogens (tertiary/aromatic N) is 1. The minimum absolute atomic E-state index is 0.0267. The molecule has 0 fully saturated rings. The Bertz CT molecular complexity index is 1050. The van der Waals surface area contributed by atoms with Gasteiger partial charge in [-0.25, -0.2) is 9.59 Å². The summed E-state index contributed by atoms with van der Waals surface area (Å²) in [6.07, 6.45) is 1.45. The SMILES string of the molecule is O=Cc1cccnc1C(=O)NCC1Cc2c(sc(NC(=O)C(=O)O)c2C(=O)O)CO1. The summed E-state index contributed by atoms with van der Waals surface area (Å²) < 4.78 is 5.63. The van der Waals surface area contributed by atoms with Crippen molar-refractivity contribution >= 4 is 46.4 Å². The molecule has 0 saturated heterocycles. The van der Waals surface area contributed by atoms with Crippen LogP contribution in [-0.2, 0) is 27.4 Å². The van der Waals surface area contributed by atoms with E-state index in [0.717, 1.165) is 11.3 Å². The van der Waals surface area contributed by atoms with Gasteiger partial charge in [-0.1, -0.05) is 0 Å². The Morgan fingerprint density at radius 3 is 2.73 bits per heavy atom. The van der Waals surface area contributed by atoms with Gasteiger partial charge in [-0.2, -0.15) is 0 Å². The standard InChI is InChI=1S/C18H15N3O8S/c22-6-8-2-1-3-19-13(8)14(23)20-5-9-4-10-11(7-29-9)30-16(12(10)17(25)26)21-15(24)18(27)28/h1-3,6,9H,4-5,7H2,(H,20,23)(H,21,24)(H,25,26)(H,27,28). The highest BCUT2D eigenvalue weighted by Crippen LogP contribution is 2.37. The molecule has 30 heavy (non-hydrogen) atoms. The zero-order valence-electron chi connectivity index (χ0n) is 15.2. The van der Waals surface area contributed by atoms with E-state index in [1.807, 2.05) is 0 Å². The number of rotatable bonds is 6. The highest BCUT2D eigenvalue weighted by molar-refractivity contribution is 7.17. The van der Waals surface area contributed by atoms with Crippen molar-refractivity contribution in [2.24, 2.45) is 0 Å². The molecule has 1 aliphatic heterocycles. The molecular weight excluding hydrogens is 418 g/mol. The van der Waals surface area contributed by atoms with Crippen molar-refractivity contribution in [2.75, 3.05) is 11.9 Å². The number of fused-ring (bicyclic) bond motifs is 1. The molecule has 1 unspecified atom stereocenters. The van der Waals surface area contributed by atoms with E-state index in [4.69, 9.17) is 9.84 Å². The number of carboxylic acid groups (broad SMARTS) is 2. The van der Waals surface area contributed by atoms with Crippen LogP contribution in [0.1, 0.15) is 41.6 Å². The van der Waals surface area contributed by atoms with Crippen molar-refractivity contribution in [3.05, 3.63) is 45.6 Å². The average molecular weight is 433 g/mol. The number of aromatic nitrogens is 1. The van der Waals surface area contributed by atoms with Crippen molar-refractivity contribution < 1.29 is 38.9 Å². The van der Waals surface area contributed by atoms with E-state index in [1.165, 1.54) is 18.3 Å². The van der Waals surface area contributed by atoms with Crippen LogP contribution in [-0.4, -0.2) is 57.9 Å². The van der Waals surface area contributed by atoms with Crippen LogP contribution in [0.15, 0.2) is 18.3 Å². The van der Waals surface area contributed by atoms with E-state index < -0.39 is 29.9 Å². The second-order valence-corrected chi connectivity index (χ2v) is 7.28. The Hall–Kier alpha value is -3.64. The van der Waals surface area contributed by atoms with Gasteiger partial charge in [0.2, 0.25) is 0 Å². The minimum Gasteiger partial charge on any atom is -0.478 e. The quantitative estimate of drug-likeness (QED) is 0.375. The smallest absolute Gasteiger partial charge is 0.394 e. The Labute approximate surface area is 172 Å². The molecule has 1 aliphatic rings. The maximum atomic E-state index is 12.3. The molecule has 0 aliphatic carbocycles. The third-order valence-electron chi connectivity index (χ3n) is 4.28. The maximum absolute atomic E-state index is 12.3. The molecule has 0 saturated carbocycles. The number of carbonyl (C=O) groups is 5. The van der Waals surface area contributed by atoms with Crippen molar-refractivity contribution in [3.63, 3.8) is 0 Å². The fourth-order valence-electron chi connectivity index (χ4n) is 2.92. The Morgan fingerprint density at radius 2 is 2.07 bits per heavy atom. The lowest BCUT2D eigenvalue weighted by atomic mass is 10.0. The first-order valence-electron chi connectivity index (χ1n) is 8.54. The summed E-state index contributed by atoms with van der Waals surface area (Å²) in [5, 5.41) is 22.8. The van der Waals surface area contributed by atoms with Crippen LogP contribution in [0.2, 0.25) is 0 Å². The van der Waals surface area contributed by atoms with E-state index in [-0.39, 0.29) is 41.4 Å². The van der Waals surface area contributed by atoms with Gasteiger partial charge in [0.15, 0.2) is 6.29 Å². The summed E-state index contributed by atoms with van der Waals surface area (Å²) >= 11 is 0.927. The molecule has 0 bridgehead atoms. The van der Waals surface area contributed by atoms with E-state index >= 15 is 0 Å². The molecule has 3 heterocycles. The molecule has 3 rings (SSSR count). The number of aldehydes is 1. The molecule has 2 aromatic rings. The third kappa shape index (κ3) is 4.34. The van der Waals surface area contributed by atoms with Crippen LogP contribution in [0.5, 0.6) is 0 Å². The molecule has 11 nitrogen and oxygen atoms in total. The number of aromatic carboxylic acids is 1. The predicted octanol–water partition coefficient (Wildman–Crippen LogP) is 0.548. The second-order valence-electron chi connectivity index (χ2n) is 6.18. The summed E-state index contributed by atoms with van der Waals surface area (Å²) in [7, 11) is 0. The number of ether oxygens (including phenoxy) is 1. The molecule has 4 N–H and O–H groups in total. The van der Waals surface area contributed by atoms with Crippen molar-refractivity contribution in [2.45, 2.75) is 19.1 Å². The Balaban J connectivity index is 1.73. The van der Waals surface area contributed by atoms with Crippen LogP contribution in [0.25, 0.3) is 0 Å². The minimum atomic E-state index is -1.74. The van der Waals surface area contributed by atoms with Crippen LogP contribution in [0.4, 0.5) is 5.00 Å². The van der Waals surface area contributed by atoms with E-state index in [2.05, 4.69) is 15.6 Å². The zero-order chi connectivity index (χ0) is 21.8. The van der Waals surface area contributed by atoms with Gasteiger partial charge >= 0.3 is 17.8 Å². The molecule has 2 amide bonds. The lowest BCUT2D eigenvalue weighted by molar-refractivity contribution is -0.147. The largest absolute Gasteiger partial charge is 0.478 e. The third-order valence-corrected chi connectivity index (χ3v) is 5.40. The van der Waals surface area contributed by atoms with Crippen LogP contribution in [0, 0.1) is 0 Å². The number of pyridine rings is 1. The van der Waals surface area contributed by atoms with Crippen LogP contribution >= 0.6 is 11.3 Å². The summed E-state index contributed by atoms with van der Waals surface area (Å²) in [5.74, 6) is -4.98. The van der Waals surface area contributed by atoms with E-state index in [0.29, 0.717) is 16.7 Å². The molecule has 156 valence electrons. The number of carboxylic acids is 2. The number of hydrogen-bond donors (Lipinski definition) is 4. The van der Waals surface area contributed by atoms with Crippen molar-refractivity contribution in [3.8, 4) is 0 Å². The van der Waals surface area contributed by atoms with Gasteiger partial charge < -0.3 is 25.6 Å². The number of anilines is 1. The number of amides is 2. The molecule has 0 aromatic carbocycles. The first kappa shape index (κ1) is 21.1. The van der Waals surface area contributed by atoms with Gasteiger partial charge in [-0.05, 0) is 17.7 Å². The number of thiophene rings is 1. The summed E-state index contributed by atoms with van der Waals surface area (Å²) in [6.45, 7) is 0.0613. The van der Waals surface area contributed by atoms with Crippen LogP contribution in [0.3, 0.4) is 0 Å². The van der Waals surface area contributed by atoms with Crippen LogP contribution < -0.4 is 10.6 Å². The summed E-state index contributed by atoms with van der Waals surface area (Å²) in [5.41, 5.74) is 0.304. The topological polar surface area (TPSA) is 172 Å². The van der Waals surface area contributed by atoms with Gasteiger partial charge in [-0.15, -0.1) is 11.3 Å². The fraction of sp³-hybridized carbons (Fsp3) is 0.222. The number of carbonyl (C=O) groups excluding carboxylic acids is 3. The molecular formula is C18H15N3O8S. The first-order valence-corrected chi connectivity index (χ1v) is 9.35. The molecule has 0 radical (unpaired) electrons. The van der Waals surface area contributed by atoms with E-state index in [9.17, 15) is 29.1 Å². The second kappa shape index (κ2) is 8.80. The molecule has 2 aromatic heterocycles. The Morgan fingerprint density at radius 1 is 1.30 bits per heavy atom. The highest BCUT2D eigenvalue weighted by atomic mass is 32.1. The van der Waals surface area contributed by atoms with Gasteiger partial charge in [0.1, 0.15) is 10.7 Å². The zero-order valence-corrected chi connectivity index (χ0v) is 16.0. The van der Waals surface area contributed by atoms with Crippen molar-refractivity contribution in [1.29, 1.82) is 0 Å².